The van der Waals surface area contributed by atoms with E-state index in [9.17, 15) is 18.0 Å². The molecule has 1 atom stereocenters. The predicted octanol–water partition coefficient (Wildman–Crippen LogP) is 1.78. The highest BCUT2D eigenvalue weighted by atomic mass is 32.2. The van der Waals surface area contributed by atoms with Gasteiger partial charge in [0.05, 0.1) is 17.4 Å². The molecular weight excluding hydrogens is 366 g/mol. The molecule has 1 saturated heterocycles. The van der Waals surface area contributed by atoms with E-state index in [1.54, 1.807) is 4.90 Å². The highest BCUT2D eigenvalue weighted by Gasteiger charge is 2.51. The number of amides is 1. The van der Waals surface area contributed by atoms with Crippen molar-refractivity contribution >= 4 is 21.7 Å². The van der Waals surface area contributed by atoms with Gasteiger partial charge in [-0.3, -0.25) is 9.59 Å². The van der Waals surface area contributed by atoms with Crippen LogP contribution in [-0.4, -0.2) is 55.4 Å². The van der Waals surface area contributed by atoms with Crippen molar-refractivity contribution in [3.05, 3.63) is 0 Å². The van der Waals surface area contributed by atoms with E-state index in [2.05, 4.69) is 0 Å². The number of carbonyl (C=O) groups excluding carboxylic acids is 2. The maximum absolute atomic E-state index is 12.8. The Bertz CT molecular complexity index is 715. The first-order valence-electron chi connectivity index (χ1n) is 10.6. The summed E-state index contributed by atoms with van der Waals surface area (Å²) < 4.78 is 29.1. The summed E-state index contributed by atoms with van der Waals surface area (Å²) in [5.74, 6) is 2.28. The lowest BCUT2D eigenvalue weighted by Crippen LogP contribution is -2.49. The molecule has 0 aromatic rings. The normalized spacial score (nSPS) is 41.5. The van der Waals surface area contributed by atoms with Gasteiger partial charge in [0.15, 0.2) is 16.4 Å². The van der Waals surface area contributed by atoms with Crippen molar-refractivity contribution in [3.63, 3.8) is 0 Å². The fraction of sp³-hybridized carbons (Fsp3) is 0.900. The van der Waals surface area contributed by atoms with E-state index in [0.29, 0.717) is 18.3 Å². The van der Waals surface area contributed by atoms with E-state index >= 15 is 0 Å². The first-order valence-corrected chi connectivity index (χ1v) is 12.4. The maximum Gasteiger partial charge on any atom is 0.310 e. The number of hydrogen-bond donors (Lipinski definition) is 0. The monoisotopic (exact) mass is 395 g/mol. The first-order chi connectivity index (χ1) is 12.9. The minimum Gasteiger partial charge on any atom is -0.455 e. The zero-order chi connectivity index (χ0) is 18.8. The van der Waals surface area contributed by atoms with E-state index in [1.165, 1.54) is 6.42 Å². The van der Waals surface area contributed by atoms with E-state index in [0.717, 1.165) is 50.4 Å². The molecule has 0 aromatic carbocycles. The van der Waals surface area contributed by atoms with Crippen molar-refractivity contribution in [3.8, 4) is 0 Å². The van der Waals surface area contributed by atoms with Crippen molar-refractivity contribution < 1.29 is 22.7 Å². The molecule has 6 aliphatic rings. The van der Waals surface area contributed by atoms with Gasteiger partial charge >= 0.3 is 5.97 Å². The van der Waals surface area contributed by atoms with Crippen LogP contribution in [0.5, 0.6) is 0 Å². The molecule has 6 fully saturated rings. The van der Waals surface area contributed by atoms with Crippen LogP contribution in [0.25, 0.3) is 0 Å². The van der Waals surface area contributed by atoms with Gasteiger partial charge in [0.25, 0.3) is 5.91 Å². The van der Waals surface area contributed by atoms with Gasteiger partial charge in [-0.2, -0.15) is 0 Å². The Morgan fingerprint density at radius 2 is 1.52 bits per heavy atom. The third kappa shape index (κ3) is 3.40. The standard InChI is InChI=1S/C20H29NO5S/c22-18(21(16-1-2-16)17-3-4-27(24,25)11-17)10-26-20(23)19-14-6-12-5-13(8-14)9-15(19)7-12/h12-17,19H,1-11H2/t12?,13?,14?,15?,17-,19?/m1/s1. The van der Waals surface area contributed by atoms with Crippen LogP contribution in [0.4, 0.5) is 0 Å². The lowest BCUT2D eigenvalue weighted by atomic mass is 9.52. The van der Waals surface area contributed by atoms with Gasteiger partial charge < -0.3 is 9.64 Å². The number of rotatable bonds is 5. The van der Waals surface area contributed by atoms with Gasteiger partial charge in [0.2, 0.25) is 0 Å². The van der Waals surface area contributed by atoms with Gasteiger partial charge in [-0.25, -0.2) is 8.42 Å². The lowest BCUT2D eigenvalue weighted by Gasteiger charge is -2.53. The summed E-state index contributed by atoms with van der Waals surface area (Å²) in [6.45, 7) is -0.228. The Labute approximate surface area is 160 Å². The smallest absolute Gasteiger partial charge is 0.310 e. The van der Waals surface area contributed by atoms with Crippen molar-refractivity contribution in [1.29, 1.82) is 0 Å². The average Bonchev–Trinajstić information content (AvgIpc) is 3.35. The van der Waals surface area contributed by atoms with Gasteiger partial charge in [0, 0.05) is 12.1 Å². The largest absolute Gasteiger partial charge is 0.455 e. The van der Waals surface area contributed by atoms with Gasteiger partial charge in [-0.1, -0.05) is 0 Å². The average molecular weight is 396 g/mol. The summed E-state index contributed by atoms with van der Waals surface area (Å²) in [4.78, 5) is 27.3. The van der Waals surface area contributed by atoms with Crippen LogP contribution >= 0.6 is 0 Å². The Morgan fingerprint density at radius 3 is 2.04 bits per heavy atom. The highest BCUT2D eigenvalue weighted by Crippen LogP contribution is 2.56. The summed E-state index contributed by atoms with van der Waals surface area (Å²) in [5, 5.41) is 0. The fourth-order valence-corrected chi connectivity index (χ4v) is 8.38. The van der Waals surface area contributed by atoms with E-state index in [1.807, 2.05) is 0 Å². The van der Waals surface area contributed by atoms with E-state index in [4.69, 9.17) is 4.74 Å². The Balaban J connectivity index is 1.20. The van der Waals surface area contributed by atoms with Crippen LogP contribution < -0.4 is 0 Å². The molecule has 0 radical (unpaired) electrons. The number of hydrogen-bond acceptors (Lipinski definition) is 5. The molecule has 0 unspecified atom stereocenters. The molecule has 0 N–H and O–H groups in total. The van der Waals surface area contributed by atoms with Crippen LogP contribution in [0.1, 0.15) is 51.4 Å². The topological polar surface area (TPSA) is 80.8 Å². The number of esters is 1. The molecule has 1 aliphatic heterocycles. The molecule has 6 rings (SSSR count). The second kappa shape index (κ2) is 6.46. The SMILES string of the molecule is O=C(OCC(=O)N(C1CC1)[C@@H]1CCS(=O)(=O)C1)C1C2CC3CC(C2)CC1C3. The van der Waals surface area contributed by atoms with Crippen LogP contribution in [0, 0.1) is 29.6 Å². The van der Waals surface area contributed by atoms with Gasteiger partial charge in [0.1, 0.15) is 0 Å². The zero-order valence-corrected chi connectivity index (χ0v) is 16.5. The maximum atomic E-state index is 12.8. The second-order valence-corrected chi connectivity index (χ2v) is 11.9. The quantitative estimate of drug-likeness (QED) is 0.663. The number of carbonyl (C=O) groups is 2. The Kier molecular flexibility index (Phi) is 4.30. The van der Waals surface area contributed by atoms with Gasteiger partial charge in [-0.05, 0) is 75.0 Å². The Morgan fingerprint density at radius 1 is 0.889 bits per heavy atom. The molecule has 5 saturated carbocycles. The van der Waals surface area contributed by atoms with Crippen molar-refractivity contribution in [1.82, 2.24) is 4.90 Å². The number of nitrogens with zero attached hydrogens (tertiary/aromatic N) is 1. The third-order valence-electron chi connectivity index (χ3n) is 7.67. The Hall–Kier alpha value is -1.11. The molecule has 6 nitrogen and oxygen atoms in total. The molecular formula is C20H29NO5S. The van der Waals surface area contributed by atoms with E-state index in [-0.39, 0.29) is 48.0 Å². The molecule has 0 aromatic heterocycles. The summed E-state index contributed by atoms with van der Waals surface area (Å²) in [7, 11) is -3.04. The summed E-state index contributed by atoms with van der Waals surface area (Å²) in [6, 6.07) is -0.106. The summed E-state index contributed by atoms with van der Waals surface area (Å²) in [5.41, 5.74) is 0. The molecule has 1 heterocycles. The fourth-order valence-electron chi connectivity index (χ4n) is 6.67. The van der Waals surface area contributed by atoms with Crippen molar-refractivity contribution in [2.75, 3.05) is 18.1 Å². The van der Waals surface area contributed by atoms with Crippen LogP contribution in [0.15, 0.2) is 0 Å². The summed E-state index contributed by atoms with van der Waals surface area (Å²) >= 11 is 0. The number of ether oxygens (including phenoxy) is 1. The minimum absolute atomic E-state index is 0.0215. The van der Waals surface area contributed by atoms with Gasteiger partial charge in [-0.15, -0.1) is 0 Å². The molecule has 0 spiro atoms. The molecule has 7 heteroatoms. The molecule has 150 valence electrons. The third-order valence-corrected chi connectivity index (χ3v) is 9.42. The molecule has 27 heavy (non-hydrogen) atoms. The van der Waals surface area contributed by atoms with E-state index < -0.39 is 9.84 Å². The van der Waals surface area contributed by atoms with Crippen molar-refractivity contribution in [2.24, 2.45) is 29.6 Å². The minimum atomic E-state index is -3.04. The molecule has 4 bridgehead atoms. The van der Waals surface area contributed by atoms with Crippen molar-refractivity contribution in [2.45, 2.75) is 63.5 Å². The predicted molar refractivity (Wildman–Crippen MR) is 98.4 cm³/mol. The van der Waals surface area contributed by atoms with Crippen LogP contribution in [0.3, 0.4) is 0 Å². The summed E-state index contributed by atoms with van der Waals surface area (Å²) in [6.07, 6.45) is 8.28. The van der Waals surface area contributed by atoms with Crippen LogP contribution in [0.2, 0.25) is 0 Å². The lowest BCUT2D eigenvalue weighted by molar-refractivity contribution is -0.167. The number of sulfone groups is 1. The van der Waals surface area contributed by atoms with Crippen LogP contribution in [-0.2, 0) is 24.2 Å². The zero-order valence-electron chi connectivity index (χ0n) is 15.7. The first kappa shape index (κ1) is 18.0. The second-order valence-electron chi connectivity index (χ2n) is 9.65. The molecule has 5 aliphatic carbocycles. The highest BCUT2D eigenvalue weighted by molar-refractivity contribution is 7.91. The molecule has 1 amide bonds.